The number of benzene rings is 1. The van der Waals surface area contributed by atoms with Crippen LogP contribution in [-0.2, 0) is 0 Å². The molecule has 0 radical (unpaired) electrons. The molecular weight excluding hydrogens is 194 g/mol. The largest absolute Gasteiger partial charge is 0.311 e. The van der Waals surface area contributed by atoms with Crippen molar-refractivity contribution in [1.29, 1.82) is 0 Å². The van der Waals surface area contributed by atoms with Crippen LogP contribution in [0, 0.1) is 12.8 Å². The fourth-order valence-corrected chi connectivity index (χ4v) is 2.91. The Bertz CT molecular complexity index is 379. The van der Waals surface area contributed by atoms with Gasteiger partial charge in [-0.3, -0.25) is 0 Å². The van der Waals surface area contributed by atoms with Crippen LogP contribution >= 0.6 is 0 Å². The van der Waals surface area contributed by atoms with E-state index in [-0.39, 0.29) is 0 Å². The van der Waals surface area contributed by atoms with Crippen LogP contribution in [0.3, 0.4) is 0 Å². The van der Waals surface area contributed by atoms with E-state index in [1.165, 1.54) is 24.8 Å². The summed E-state index contributed by atoms with van der Waals surface area (Å²) >= 11 is 0. The first-order valence-electron chi connectivity index (χ1n) is 6.55. The summed E-state index contributed by atoms with van der Waals surface area (Å²) in [5.74, 6) is 1.74. The van der Waals surface area contributed by atoms with E-state index in [0.717, 1.165) is 23.9 Å². The first kappa shape index (κ1) is 10.3. The second-order valence-corrected chi connectivity index (χ2v) is 5.71. The molecular formula is C15H21N. The highest BCUT2D eigenvalue weighted by molar-refractivity contribution is 5.31. The minimum Gasteiger partial charge on any atom is -0.311 e. The number of aryl methyl sites for hydroxylation is 1. The van der Waals surface area contributed by atoms with Crippen molar-refractivity contribution in [3.63, 3.8) is 0 Å². The van der Waals surface area contributed by atoms with E-state index in [4.69, 9.17) is 0 Å². The van der Waals surface area contributed by atoms with Crippen molar-refractivity contribution in [2.75, 3.05) is 0 Å². The maximum Gasteiger partial charge on any atom is 0.00989 e. The number of hydrogen-bond donors (Lipinski definition) is 1. The monoisotopic (exact) mass is 215 g/mol. The Balaban J connectivity index is 1.55. The van der Waals surface area contributed by atoms with E-state index in [1.807, 2.05) is 0 Å². The predicted octanol–water partition coefficient (Wildman–Crippen LogP) is 3.24. The second kappa shape index (κ2) is 3.89. The van der Waals surface area contributed by atoms with Crippen LogP contribution in [0.15, 0.2) is 24.3 Å². The Morgan fingerprint density at radius 2 is 1.81 bits per heavy atom. The van der Waals surface area contributed by atoms with Crippen molar-refractivity contribution in [2.45, 2.75) is 51.1 Å². The van der Waals surface area contributed by atoms with E-state index in [2.05, 4.69) is 43.4 Å². The minimum absolute atomic E-state index is 0.791. The predicted molar refractivity (Wildman–Crippen MR) is 67.6 cm³/mol. The van der Waals surface area contributed by atoms with Gasteiger partial charge >= 0.3 is 0 Å². The van der Waals surface area contributed by atoms with Gasteiger partial charge in [0.25, 0.3) is 0 Å². The number of nitrogens with one attached hydrogen (secondary N) is 1. The van der Waals surface area contributed by atoms with Gasteiger partial charge in [0.2, 0.25) is 0 Å². The van der Waals surface area contributed by atoms with Crippen LogP contribution in [0.5, 0.6) is 0 Å². The molecule has 2 aliphatic carbocycles. The first-order chi connectivity index (χ1) is 7.74. The van der Waals surface area contributed by atoms with Gasteiger partial charge in [-0.15, -0.1) is 0 Å². The summed E-state index contributed by atoms with van der Waals surface area (Å²) in [6, 6.07) is 10.5. The van der Waals surface area contributed by atoms with Gasteiger partial charge in [0.15, 0.2) is 0 Å². The Morgan fingerprint density at radius 3 is 2.44 bits per heavy atom. The summed E-state index contributed by atoms with van der Waals surface area (Å²) in [6.07, 6.45) is 4.08. The molecule has 0 aromatic heterocycles. The standard InChI is InChI=1S/C15H21N/c1-10-5-3-4-6-14(10)12-8-13(9-12)16-15-7-11(15)2/h3-6,11-13,15-16H,7-9H2,1-2H3. The van der Waals surface area contributed by atoms with Gasteiger partial charge in [0, 0.05) is 12.1 Å². The van der Waals surface area contributed by atoms with Gasteiger partial charge < -0.3 is 5.32 Å². The molecule has 0 amide bonds. The van der Waals surface area contributed by atoms with Crippen LogP contribution in [0.4, 0.5) is 0 Å². The summed E-state index contributed by atoms with van der Waals surface area (Å²) in [6.45, 7) is 4.58. The molecule has 1 aromatic carbocycles. The molecule has 2 fully saturated rings. The number of hydrogen-bond acceptors (Lipinski definition) is 1. The Labute approximate surface area is 98.3 Å². The zero-order valence-corrected chi connectivity index (χ0v) is 10.2. The quantitative estimate of drug-likeness (QED) is 0.816. The molecule has 2 atom stereocenters. The maximum absolute atomic E-state index is 3.76. The lowest BCUT2D eigenvalue weighted by Crippen LogP contribution is -2.41. The SMILES string of the molecule is Cc1ccccc1C1CC(NC2CC2C)C1. The van der Waals surface area contributed by atoms with Gasteiger partial charge in [0.05, 0.1) is 0 Å². The molecule has 2 aliphatic rings. The van der Waals surface area contributed by atoms with Gasteiger partial charge in [0.1, 0.15) is 0 Å². The first-order valence-corrected chi connectivity index (χ1v) is 6.55. The zero-order chi connectivity index (χ0) is 11.1. The van der Waals surface area contributed by atoms with Gasteiger partial charge in [-0.25, -0.2) is 0 Å². The van der Waals surface area contributed by atoms with E-state index in [1.54, 1.807) is 5.56 Å². The molecule has 16 heavy (non-hydrogen) atoms. The van der Waals surface area contributed by atoms with Crippen molar-refractivity contribution >= 4 is 0 Å². The molecule has 0 spiro atoms. The van der Waals surface area contributed by atoms with Crippen molar-refractivity contribution in [3.8, 4) is 0 Å². The third-order valence-electron chi connectivity index (χ3n) is 4.33. The third kappa shape index (κ3) is 1.89. The van der Waals surface area contributed by atoms with Gasteiger partial charge in [-0.1, -0.05) is 31.2 Å². The fourth-order valence-electron chi connectivity index (χ4n) is 2.91. The van der Waals surface area contributed by atoms with Crippen LogP contribution in [0.2, 0.25) is 0 Å². The molecule has 1 aromatic rings. The summed E-state index contributed by atoms with van der Waals surface area (Å²) in [5.41, 5.74) is 3.04. The molecule has 1 N–H and O–H groups in total. The van der Waals surface area contributed by atoms with Gasteiger partial charge in [-0.05, 0) is 49.1 Å². The highest BCUT2D eigenvalue weighted by Gasteiger charge is 2.38. The van der Waals surface area contributed by atoms with Crippen molar-refractivity contribution in [3.05, 3.63) is 35.4 Å². The van der Waals surface area contributed by atoms with E-state index in [0.29, 0.717) is 0 Å². The van der Waals surface area contributed by atoms with Crippen LogP contribution < -0.4 is 5.32 Å². The van der Waals surface area contributed by atoms with Crippen molar-refractivity contribution < 1.29 is 0 Å². The molecule has 2 saturated carbocycles. The molecule has 0 bridgehead atoms. The Morgan fingerprint density at radius 1 is 1.12 bits per heavy atom. The third-order valence-corrected chi connectivity index (χ3v) is 4.33. The van der Waals surface area contributed by atoms with Gasteiger partial charge in [-0.2, -0.15) is 0 Å². The Hall–Kier alpha value is -0.820. The highest BCUT2D eigenvalue weighted by Crippen LogP contribution is 2.40. The van der Waals surface area contributed by atoms with Crippen molar-refractivity contribution in [1.82, 2.24) is 5.32 Å². The van der Waals surface area contributed by atoms with Crippen LogP contribution in [0.25, 0.3) is 0 Å². The average molecular weight is 215 g/mol. The lowest BCUT2D eigenvalue weighted by atomic mass is 9.74. The summed E-state index contributed by atoms with van der Waals surface area (Å²) in [4.78, 5) is 0. The molecule has 0 saturated heterocycles. The summed E-state index contributed by atoms with van der Waals surface area (Å²) in [7, 11) is 0. The lowest BCUT2D eigenvalue weighted by molar-refractivity contribution is 0.285. The smallest absolute Gasteiger partial charge is 0.00989 e. The minimum atomic E-state index is 0.791. The highest BCUT2D eigenvalue weighted by atomic mass is 15.0. The zero-order valence-electron chi connectivity index (χ0n) is 10.2. The topological polar surface area (TPSA) is 12.0 Å². The molecule has 0 aliphatic heterocycles. The van der Waals surface area contributed by atoms with Crippen LogP contribution in [-0.4, -0.2) is 12.1 Å². The number of rotatable bonds is 3. The molecule has 1 nitrogen and oxygen atoms in total. The van der Waals surface area contributed by atoms with Crippen molar-refractivity contribution in [2.24, 2.45) is 5.92 Å². The van der Waals surface area contributed by atoms with Crippen LogP contribution in [0.1, 0.15) is 43.2 Å². The molecule has 2 unspecified atom stereocenters. The summed E-state index contributed by atoms with van der Waals surface area (Å²) < 4.78 is 0. The fraction of sp³-hybridized carbons (Fsp3) is 0.600. The summed E-state index contributed by atoms with van der Waals surface area (Å²) in [5, 5.41) is 3.76. The normalized spacial score (nSPS) is 36.9. The Kier molecular flexibility index (Phi) is 2.51. The lowest BCUT2D eigenvalue weighted by Gasteiger charge is -2.37. The molecule has 3 rings (SSSR count). The average Bonchev–Trinajstić information content (AvgIpc) is 2.89. The second-order valence-electron chi connectivity index (χ2n) is 5.71. The van der Waals surface area contributed by atoms with E-state index >= 15 is 0 Å². The molecule has 0 heterocycles. The molecule has 86 valence electrons. The van der Waals surface area contributed by atoms with E-state index in [9.17, 15) is 0 Å². The maximum atomic E-state index is 3.76. The van der Waals surface area contributed by atoms with E-state index < -0.39 is 0 Å². The molecule has 1 heteroatoms.